The van der Waals surface area contributed by atoms with E-state index in [1.807, 2.05) is 6.07 Å². The maximum Gasteiger partial charge on any atom is 0.251 e. The van der Waals surface area contributed by atoms with Gasteiger partial charge in [0, 0.05) is 46.0 Å². The van der Waals surface area contributed by atoms with Gasteiger partial charge in [-0.15, -0.1) is 5.10 Å². The molecule has 0 radical (unpaired) electrons. The zero-order chi connectivity index (χ0) is 28.0. The molecule has 41 heavy (non-hydrogen) atoms. The highest BCUT2D eigenvalue weighted by atomic mass is 35.5. The SMILES string of the molecule is O=c1cc(-c2cc(Cl)ccc2-n2cnnn2)cc2n1C(C1=NC(F)=C(c3ccc4c(c3)S(=O)(=O)CCC4)C1)C1CC21. The van der Waals surface area contributed by atoms with Crippen LogP contribution in [0.3, 0.4) is 0 Å². The Bertz CT molecular complexity index is 2020. The first-order valence-electron chi connectivity index (χ1n) is 13.4. The number of nitrogens with zero attached hydrogens (tertiary/aromatic N) is 6. The van der Waals surface area contributed by atoms with E-state index in [-0.39, 0.29) is 40.5 Å². The van der Waals surface area contributed by atoms with E-state index in [4.69, 9.17) is 11.6 Å². The molecule has 3 aliphatic heterocycles. The molecule has 3 atom stereocenters. The zero-order valence-corrected chi connectivity index (χ0v) is 23.1. The van der Waals surface area contributed by atoms with E-state index in [0.717, 1.165) is 23.2 Å². The molecular formula is C29H22ClFN6O3S. The van der Waals surface area contributed by atoms with Crippen LogP contribution in [0.25, 0.3) is 22.4 Å². The number of aromatic nitrogens is 5. The fraction of sp³-hybridized carbons (Fsp3) is 0.276. The summed E-state index contributed by atoms with van der Waals surface area (Å²) in [5.74, 6) is -0.182. The van der Waals surface area contributed by atoms with Crippen LogP contribution in [-0.2, 0) is 16.3 Å². The van der Waals surface area contributed by atoms with E-state index >= 15 is 4.39 Å². The molecule has 0 saturated heterocycles. The number of allylic oxidation sites excluding steroid dienone is 1. The molecule has 1 aliphatic carbocycles. The largest absolute Gasteiger partial charge is 0.303 e. The van der Waals surface area contributed by atoms with Crippen LogP contribution in [0.1, 0.15) is 48.0 Å². The van der Waals surface area contributed by atoms with Crippen LogP contribution in [0.4, 0.5) is 4.39 Å². The van der Waals surface area contributed by atoms with Gasteiger partial charge in [0.1, 0.15) is 6.33 Å². The minimum atomic E-state index is -3.38. The number of sulfone groups is 1. The van der Waals surface area contributed by atoms with Gasteiger partial charge in [-0.25, -0.2) is 13.4 Å². The first-order valence-corrected chi connectivity index (χ1v) is 15.4. The van der Waals surface area contributed by atoms with Crippen molar-refractivity contribution in [2.24, 2.45) is 10.9 Å². The van der Waals surface area contributed by atoms with Gasteiger partial charge in [-0.2, -0.15) is 9.07 Å². The number of halogens is 2. The van der Waals surface area contributed by atoms with Gasteiger partial charge in [0.2, 0.25) is 5.95 Å². The van der Waals surface area contributed by atoms with Gasteiger partial charge in [0.15, 0.2) is 9.84 Å². The summed E-state index contributed by atoms with van der Waals surface area (Å²) >= 11 is 6.33. The van der Waals surface area contributed by atoms with E-state index in [0.29, 0.717) is 46.0 Å². The topological polar surface area (TPSA) is 112 Å². The molecule has 0 spiro atoms. The average Bonchev–Trinajstić information content (AvgIpc) is 3.24. The maximum atomic E-state index is 15.3. The van der Waals surface area contributed by atoms with Crippen molar-refractivity contribution in [1.29, 1.82) is 0 Å². The minimum Gasteiger partial charge on any atom is -0.303 e. The Kier molecular flexibility index (Phi) is 5.30. The summed E-state index contributed by atoms with van der Waals surface area (Å²) in [4.78, 5) is 18.2. The second kappa shape index (κ2) is 8.77. The quantitative estimate of drug-likeness (QED) is 0.319. The summed E-state index contributed by atoms with van der Waals surface area (Å²) in [7, 11) is -3.38. The molecule has 0 amide bonds. The molecule has 2 aromatic heterocycles. The number of hydrogen-bond donors (Lipinski definition) is 0. The molecular weight excluding hydrogens is 567 g/mol. The number of rotatable bonds is 4. The number of aryl methyl sites for hydroxylation is 1. The van der Waals surface area contributed by atoms with Crippen LogP contribution >= 0.6 is 11.6 Å². The molecule has 0 bridgehead atoms. The van der Waals surface area contributed by atoms with Crippen LogP contribution in [0.2, 0.25) is 5.02 Å². The van der Waals surface area contributed by atoms with Crippen molar-refractivity contribution >= 4 is 32.7 Å². The molecule has 4 aromatic rings. The average molecular weight is 589 g/mol. The molecule has 0 N–H and O–H groups in total. The Morgan fingerprint density at radius 3 is 2.76 bits per heavy atom. The Morgan fingerprint density at radius 2 is 1.93 bits per heavy atom. The number of fused-ring (bicyclic) bond motifs is 4. The second-order valence-corrected chi connectivity index (χ2v) is 13.6. The minimum absolute atomic E-state index is 0.103. The summed E-state index contributed by atoms with van der Waals surface area (Å²) in [5, 5.41) is 12.0. The lowest BCUT2D eigenvalue weighted by Crippen LogP contribution is -2.29. The standard InChI is InChI=1S/C29H22ClFN6O3S/c30-18-5-6-24(36-14-32-34-35-36)19(11-18)17-8-25-21-12-22(21)28(37(25)27(38)10-17)23-13-20(29(31)33-23)16-4-3-15-2-1-7-41(39,40)26(15)9-16/h3-6,8-11,14,21-22,28H,1-2,7,12-13H2. The number of benzene rings is 2. The Labute approximate surface area is 238 Å². The van der Waals surface area contributed by atoms with E-state index in [2.05, 4.69) is 20.5 Å². The molecule has 5 heterocycles. The molecule has 8 rings (SSSR count). The third-order valence-electron chi connectivity index (χ3n) is 8.67. The highest BCUT2D eigenvalue weighted by Crippen LogP contribution is 2.60. The molecule has 4 aliphatic rings. The maximum absolute atomic E-state index is 15.3. The van der Waals surface area contributed by atoms with E-state index in [1.54, 1.807) is 47.0 Å². The summed E-state index contributed by atoms with van der Waals surface area (Å²) in [6.45, 7) is 0. The van der Waals surface area contributed by atoms with Gasteiger partial charge >= 0.3 is 0 Å². The molecule has 1 saturated carbocycles. The molecule has 1 fully saturated rings. The van der Waals surface area contributed by atoms with Gasteiger partial charge in [-0.3, -0.25) is 4.79 Å². The van der Waals surface area contributed by atoms with Gasteiger partial charge in [-0.05, 0) is 82.6 Å². The molecule has 3 unspecified atom stereocenters. The van der Waals surface area contributed by atoms with Crippen molar-refractivity contribution in [2.45, 2.75) is 42.5 Å². The first kappa shape index (κ1) is 24.8. The number of aliphatic imine (C=N–C) groups is 1. The van der Waals surface area contributed by atoms with Gasteiger partial charge < -0.3 is 4.57 Å². The summed E-state index contributed by atoms with van der Waals surface area (Å²) < 4.78 is 43.9. The fourth-order valence-corrected chi connectivity index (χ4v) is 8.51. The van der Waals surface area contributed by atoms with Gasteiger partial charge in [0.25, 0.3) is 5.56 Å². The van der Waals surface area contributed by atoms with E-state index < -0.39 is 15.8 Å². The summed E-state index contributed by atoms with van der Waals surface area (Å²) in [6, 6.07) is 13.7. The molecule has 12 heteroatoms. The predicted molar refractivity (Wildman–Crippen MR) is 151 cm³/mol. The van der Waals surface area contributed by atoms with Crippen LogP contribution in [0.5, 0.6) is 0 Å². The van der Waals surface area contributed by atoms with Crippen molar-refractivity contribution < 1.29 is 12.8 Å². The normalized spacial score (nSPS) is 23.7. The molecule has 206 valence electrons. The first-order chi connectivity index (χ1) is 19.8. The summed E-state index contributed by atoms with van der Waals surface area (Å²) in [5.41, 5.74) is 5.06. The van der Waals surface area contributed by atoms with Crippen molar-refractivity contribution in [3.05, 3.63) is 93.0 Å². The van der Waals surface area contributed by atoms with Gasteiger partial charge in [-0.1, -0.05) is 23.7 Å². The Morgan fingerprint density at radius 1 is 1.05 bits per heavy atom. The van der Waals surface area contributed by atoms with Crippen LogP contribution in [-0.4, -0.2) is 44.7 Å². The van der Waals surface area contributed by atoms with Crippen LogP contribution < -0.4 is 5.56 Å². The summed E-state index contributed by atoms with van der Waals surface area (Å²) in [6.07, 6.45) is 3.88. The van der Waals surface area contributed by atoms with Crippen LogP contribution in [0.15, 0.2) is 75.5 Å². The third kappa shape index (κ3) is 3.86. The molecule has 9 nitrogen and oxygen atoms in total. The number of pyridine rings is 1. The highest BCUT2D eigenvalue weighted by Gasteiger charge is 2.55. The lowest BCUT2D eigenvalue weighted by atomic mass is 9.96. The number of hydrogen-bond acceptors (Lipinski definition) is 7. The fourth-order valence-electron chi connectivity index (χ4n) is 6.72. The highest BCUT2D eigenvalue weighted by molar-refractivity contribution is 7.91. The van der Waals surface area contributed by atoms with Crippen molar-refractivity contribution in [2.75, 3.05) is 5.75 Å². The second-order valence-electron chi connectivity index (χ2n) is 11.0. The zero-order valence-electron chi connectivity index (χ0n) is 21.5. The lowest BCUT2D eigenvalue weighted by molar-refractivity contribution is 0.579. The van der Waals surface area contributed by atoms with E-state index in [9.17, 15) is 13.2 Å². The van der Waals surface area contributed by atoms with Crippen molar-refractivity contribution in [1.82, 2.24) is 24.8 Å². The smallest absolute Gasteiger partial charge is 0.251 e. The Hall–Kier alpha value is -3.96. The van der Waals surface area contributed by atoms with Crippen molar-refractivity contribution in [3.63, 3.8) is 0 Å². The monoisotopic (exact) mass is 588 g/mol. The van der Waals surface area contributed by atoms with E-state index in [1.165, 1.54) is 11.0 Å². The van der Waals surface area contributed by atoms with Gasteiger partial charge in [0.05, 0.1) is 22.4 Å². The number of tetrazole rings is 1. The lowest BCUT2D eigenvalue weighted by Gasteiger charge is -2.20. The Balaban J connectivity index is 1.15. The van der Waals surface area contributed by atoms with Crippen molar-refractivity contribution in [3.8, 4) is 16.8 Å². The van der Waals surface area contributed by atoms with Crippen LogP contribution in [0, 0.1) is 5.92 Å². The third-order valence-corrected chi connectivity index (χ3v) is 10.8. The predicted octanol–water partition coefficient (Wildman–Crippen LogP) is 4.71. The molecule has 2 aromatic carbocycles.